The minimum absolute atomic E-state index is 0.121. The summed E-state index contributed by atoms with van der Waals surface area (Å²) >= 11 is 0. The maximum absolute atomic E-state index is 10.8. The van der Waals surface area contributed by atoms with Crippen LogP contribution in [0.15, 0.2) is 66.7 Å². The maximum atomic E-state index is 10.8. The number of nitro benzene ring substituents is 1. The predicted molar refractivity (Wildman–Crippen MR) is 99.3 cm³/mol. The Balaban J connectivity index is 0.000000194. The van der Waals surface area contributed by atoms with E-state index in [-0.39, 0.29) is 5.69 Å². The van der Waals surface area contributed by atoms with Crippen LogP contribution in [0.5, 0.6) is 0 Å². The molecular weight excluding hydrogens is 374 g/mol. The van der Waals surface area contributed by atoms with Crippen molar-refractivity contribution in [2.75, 3.05) is 0 Å². The van der Waals surface area contributed by atoms with Gasteiger partial charge >= 0.3 is 5.97 Å². The van der Waals surface area contributed by atoms with E-state index in [2.05, 4.69) is 0 Å². The molecule has 3 rings (SSSR count). The van der Waals surface area contributed by atoms with Crippen LogP contribution in [0.25, 0.3) is 10.8 Å². The molecule has 0 saturated carbocycles. The van der Waals surface area contributed by atoms with Gasteiger partial charge in [0.25, 0.3) is 15.8 Å². The van der Waals surface area contributed by atoms with Crippen LogP contribution >= 0.6 is 0 Å². The number of nitro groups is 1. The number of fused-ring (bicyclic) bond motifs is 1. The van der Waals surface area contributed by atoms with Gasteiger partial charge in [0.05, 0.1) is 10.5 Å². The predicted octanol–water partition coefficient (Wildman–Crippen LogP) is 3.52. The maximum Gasteiger partial charge on any atom is 0.336 e. The summed E-state index contributed by atoms with van der Waals surface area (Å²) in [6, 6.07) is 17.7. The average Bonchev–Trinajstić information content (AvgIpc) is 2.61. The highest BCUT2D eigenvalue weighted by atomic mass is 32.2. The molecular formula is C18H15NO7S. The van der Waals surface area contributed by atoms with Crippen LogP contribution in [0.2, 0.25) is 0 Å². The van der Waals surface area contributed by atoms with Gasteiger partial charge in [0.2, 0.25) is 0 Å². The fourth-order valence-corrected chi connectivity index (χ4v) is 2.95. The molecule has 0 aliphatic carbocycles. The molecule has 0 aliphatic heterocycles. The molecule has 0 unspecified atom stereocenters. The molecule has 0 aromatic heterocycles. The Labute approximate surface area is 154 Å². The van der Waals surface area contributed by atoms with Crippen molar-refractivity contribution in [1.29, 1.82) is 0 Å². The van der Waals surface area contributed by atoms with Crippen LogP contribution in [0.3, 0.4) is 0 Å². The molecule has 0 fully saturated rings. The van der Waals surface area contributed by atoms with Crippen molar-refractivity contribution in [3.05, 3.63) is 88.0 Å². The summed E-state index contributed by atoms with van der Waals surface area (Å²) in [5.41, 5.74) is 0.542. The lowest BCUT2D eigenvalue weighted by Gasteiger charge is -2.00. The molecule has 0 spiro atoms. The lowest BCUT2D eigenvalue weighted by atomic mass is 10.1. The highest BCUT2D eigenvalue weighted by Gasteiger charge is 2.09. The summed E-state index contributed by atoms with van der Waals surface area (Å²) in [5.74, 6) is -1.41. The number of hydrogen-bond donors (Lipinski definition) is 2. The number of aromatic carboxylic acids is 1. The van der Waals surface area contributed by atoms with Gasteiger partial charge in [-0.3, -0.25) is 14.7 Å². The number of carboxylic acids is 1. The van der Waals surface area contributed by atoms with E-state index in [0.717, 1.165) is 10.8 Å². The van der Waals surface area contributed by atoms with E-state index in [1.165, 1.54) is 24.3 Å². The molecule has 3 aromatic rings. The molecule has 3 aromatic carbocycles. The number of nitrogens with zero attached hydrogens (tertiary/aromatic N) is 1. The van der Waals surface area contributed by atoms with Gasteiger partial charge in [-0.15, -0.1) is 0 Å². The van der Waals surface area contributed by atoms with Crippen LogP contribution in [-0.4, -0.2) is 29.0 Å². The molecule has 2 N–H and O–H groups in total. The minimum atomic E-state index is -4.08. The Morgan fingerprint density at radius 1 is 0.963 bits per heavy atom. The summed E-state index contributed by atoms with van der Waals surface area (Å²) in [6.45, 7) is 0. The Hall–Kier alpha value is -3.30. The summed E-state index contributed by atoms with van der Waals surface area (Å²) in [5, 5.41) is 20.9. The SMILES string of the molecule is O=C(O)c1cccc2ccccc12.O=[N+]([O-])c1ccc(CS(=O)(=O)O)cc1. The third kappa shape index (κ3) is 5.87. The third-order valence-corrected chi connectivity index (χ3v) is 4.21. The van der Waals surface area contributed by atoms with Crippen molar-refractivity contribution in [1.82, 2.24) is 0 Å². The van der Waals surface area contributed by atoms with E-state index in [4.69, 9.17) is 9.66 Å². The summed E-state index contributed by atoms with van der Waals surface area (Å²) < 4.78 is 29.4. The molecule has 8 nitrogen and oxygen atoms in total. The largest absolute Gasteiger partial charge is 0.478 e. The van der Waals surface area contributed by atoms with Gasteiger partial charge in [-0.05, 0) is 22.4 Å². The Morgan fingerprint density at radius 3 is 2.11 bits per heavy atom. The molecule has 0 atom stereocenters. The highest BCUT2D eigenvalue weighted by molar-refractivity contribution is 7.85. The Bertz CT molecular complexity index is 1070. The first-order valence-electron chi connectivity index (χ1n) is 7.57. The molecule has 0 amide bonds. The monoisotopic (exact) mass is 389 g/mol. The molecule has 9 heteroatoms. The van der Waals surface area contributed by atoms with Gasteiger partial charge in [-0.25, -0.2) is 4.79 Å². The van der Waals surface area contributed by atoms with Crippen molar-refractivity contribution in [3.63, 3.8) is 0 Å². The summed E-state index contributed by atoms with van der Waals surface area (Å²) in [6.07, 6.45) is 0. The van der Waals surface area contributed by atoms with Crippen molar-refractivity contribution in [2.24, 2.45) is 0 Å². The van der Waals surface area contributed by atoms with E-state index in [0.29, 0.717) is 11.1 Å². The Morgan fingerprint density at radius 2 is 1.56 bits per heavy atom. The van der Waals surface area contributed by atoms with Crippen LogP contribution in [0.4, 0.5) is 5.69 Å². The van der Waals surface area contributed by atoms with Crippen LogP contribution in [-0.2, 0) is 15.9 Å². The Kier molecular flexibility index (Phi) is 6.22. The average molecular weight is 389 g/mol. The van der Waals surface area contributed by atoms with Gasteiger partial charge in [-0.2, -0.15) is 8.42 Å². The molecule has 0 bridgehead atoms. The van der Waals surface area contributed by atoms with E-state index >= 15 is 0 Å². The fourth-order valence-electron chi connectivity index (χ4n) is 2.34. The summed E-state index contributed by atoms with van der Waals surface area (Å²) in [4.78, 5) is 20.5. The van der Waals surface area contributed by atoms with Crippen molar-refractivity contribution in [3.8, 4) is 0 Å². The lowest BCUT2D eigenvalue weighted by molar-refractivity contribution is -0.384. The van der Waals surface area contributed by atoms with Crippen LogP contribution in [0, 0.1) is 10.1 Å². The van der Waals surface area contributed by atoms with Crippen molar-refractivity contribution >= 4 is 32.5 Å². The van der Waals surface area contributed by atoms with Gasteiger partial charge < -0.3 is 5.11 Å². The third-order valence-electron chi connectivity index (χ3n) is 3.52. The minimum Gasteiger partial charge on any atom is -0.478 e. The first kappa shape index (κ1) is 20.0. The topological polar surface area (TPSA) is 135 Å². The van der Waals surface area contributed by atoms with E-state index in [9.17, 15) is 23.3 Å². The van der Waals surface area contributed by atoms with Gasteiger partial charge in [0.1, 0.15) is 5.75 Å². The van der Waals surface area contributed by atoms with E-state index < -0.39 is 26.8 Å². The van der Waals surface area contributed by atoms with Gasteiger partial charge in [0.15, 0.2) is 0 Å². The number of benzene rings is 3. The lowest BCUT2D eigenvalue weighted by Crippen LogP contribution is -2.01. The number of non-ortho nitro benzene ring substituents is 1. The highest BCUT2D eigenvalue weighted by Crippen LogP contribution is 2.18. The molecule has 0 radical (unpaired) electrons. The number of carbonyl (C=O) groups is 1. The first-order chi connectivity index (χ1) is 12.7. The molecule has 0 saturated heterocycles. The molecule has 0 heterocycles. The van der Waals surface area contributed by atoms with E-state index in [1.54, 1.807) is 12.1 Å². The fraction of sp³-hybridized carbons (Fsp3) is 0.0556. The molecule has 0 aliphatic rings. The second-order valence-corrected chi connectivity index (χ2v) is 6.93. The first-order valence-corrected chi connectivity index (χ1v) is 9.18. The van der Waals surface area contributed by atoms with Crippen molar-refractivity contribution in [2.45, 2.75) is 5.75 Å². The van der Waals surface area contributed by atoms with Crippen LogP contribution in [0.1, 0.15) is 15.9 Å². The molecule has 27 heavy (non-hydrogen) atoms. The summed E-state index contributed by atoms with van der Waals surface area (Å²) in [7, 11) is -4.08. The zero-order valence-electron chi connectivity index (χ0n) is 13.8. The number of carboxylic acid groups (broad SMARTS) is 1. The normalized spacial score (nSPS) is 10.7. The smallest absolute Gasteiger partial charge is 0.336 e. The van der Waals surface area contributed by atoms with Crippen molar-refractivity contribution < 1.29 is 27.8 Å². The van der Waals surface area contributed by atoms with Gasteiger partial charge in [0, 0.05) is 12.1 Å². The second-order valence-electron chi connectivity index (χ2n) is 5.48. The zero-order chi connectivity index (χ0) is 20.0. The quantitative estimate of drug-likeness (QED) is 0.396. The van der Waals surface area contributed by atoms with Crippen LogP contribution < -0.4 is 0 Å². The van der Waals surface area contributed by atoms with Gasteiger partial charge in [-0.1, -0.05) is 48.5 Å². The molecule has 140 valence electrons. The number of rotatable bonds is 4. The number of hydrogen-bond acceptors (Lipinski definition) is 5. The zero-order valence-corrected chi connectivity index (χ0v) is 14.7. The second kappa shape index (κ2) is 8.39. The van der Waals surface area contributed by atoms with E-state index in [1.807, 2.05) is 30.3 Å². The standard InChI is InChI=1S/C11H8O2.C7H7NO5S/c12-11(13)10-7-3-5-8-4-1-2-6-9(8)10;9-8(10)7-3-1-6(2-4-7)5-14(11,12)13/h1-7H,(H,12,13);1-4H,5H2,(H,11,12,13).